The number of carbonyl (C=O) groups is 1. The molecule has 0 aliphatic carbocycles. The quantitative estimate of drug-likeness (QED) is 0.205. The molecule has 5 aromatic rings. The topological polar surface area (TPSA) is 88.1 Å². The van der Waals surface area contributed by atoms with Crippen LogP contribution in [0.5, 0.6) is 0 Å². The number of aryl methyl sites for hydroxylation is 2. The minimum Gasteiger partial charge on any atom is -0.342 e. The molecular formula is C38H33N3O4S. The van der Waals surface area contributed by atoms with Gasteiger partial charge in [0, 0.05) is 5.69 Å². The molecule has 2 aliphatic rings. The van der Waals surface area contributed by atoms with Crippen LogP contribution in [0, 0.1) is 13.8 Å². The van der Waals surface area contributed by atoms with Gasteiger partial charge in [-0.1, -0.05) is 126 Å². The van der Waals surface area contributed by atoms with E-state index in [1.807, 2.05) is 123 Å². The number of carbonyl (C=O) groups excluding carboxylic acids is 1. The summed E-state index contributed by atoms with van der Waals surface area (Å²) in [5.74, 6) is -0.973. The molecule has 230 valence electrons. The summed E-state index contributed by atoms with van der Waals surface area (Å²) in [6.07, 6.45) is 0. The maximum absolute atomic E-state index is 15.0. The molecular weight excluding hydrogens is 595 g/mol. The summed E-state index contributed by atoms with van der Waals surface area (Å²) < 4.78 is 32.7. The molecule has 7 rings (SSSR count). The molecule has 1 amide bonds. The van der Waals surface area contributed by atoms with Gasteiger partial charge in [-0.25, -0.2) is 5.06 Å². The molecule has 0 bridgehead atoms. The second-order valence-electron chi connectivity index (χ2n) is 11.9. The zero-order valence-corrected chi connectivity index (χ0v) is 26.3. The highest BCUT2D eigenvalue weighted by atomic mass is 32.2. The number of rotatable bonds is 7. The fourth-order valence-corrected chi connectivity index (χ4v) is 7.82. The summed E-state index contributed by atoms with van der Waals surface area (Å²) in [4.78, 5) is 21.5. The Morgan fingerprint density at radius 3 is 2.13 bits per heavy atom. The number of nitrogens with one attached hydrogen (secondary N) is 1. The third kappa shape index (κ3) is 5.00. The number of amides is 1. The summed E-state index contributed by atoms with van der Waals surface area (Å²) in [6, 6.07) is 40.6. The van der Waals surface area contributed by atoms with E-state index in [-0.39, 0.29) is 23.2 Å². The number of sulfonamides is 1. The van der Waals surface area contributed by atoms with E-state index in [0.29, 0.717) is 5.69 Å². The smallest absolute Gasteiger partial charge is 0.283 e. The van der Waals surface area contributed by atoms with E-state index in [1.54, 1.807) is 24.3 Å². The molecule has 1 fully saturated rings. The highest BCUT2D eigenvalue weighted by Crippen LogP contribution is 2.61. The third-order valence-electron chi connectivity index (χ3n) is 8.84. The van der Waals surface area contributed by atoms with Crippen molar-refractivity contribution in [2.45, 2.75) is 42.7 Å². The number of hydroxylamine groups is 2. The van der Waals surface area contributed by atoms with Crippen LogP contribution < -0.4 is 5.32 Å². The van der Waals surface area contributed by atoms with Crippen LogP contribution in [0.2, 0.25) is 0 Å². The lowest BCUT2D eigenvalue weighted by Crippen LogP contribution is -2.44. The molecule has 0 saturated carbocycles. The SMILES string of the molecule is Cc1ccc(S(=O)(=O)/N=C2\Nc3ccccc3C23C(c2ccccc2)C(=O)N(OCc2ccccc2)C3c2cccc(C)c2)cc1. The van der Waals surface area contributed by atoms with Gasteiger partial charge in [-0.15, -0.1) is 4.40 Å². The van der Waals surface area contributed by atoms with Crippen molar-refractivity contribution in [2.75, 3.05) is 5.32 Å². The van der Waals surface area contributed by atoms with Crippen LogP contribution in [0.1, 0.15) is 45.3 Å². The second-order valence-corrected chi connectivity index (χ2v) is 13.5. The highest BCUT2D eigenvalue weighted by Gasteiger charge is 2.67. The first-order valence-electron chi connectivity index (χ1n) is 15.2. The molecule has 5 aromatic carbocycles. The fourth-order valence-electron chi connectivity index (χ4n) is 6.80. The van der Waals surface area contributed by atoms with E-state index >= 15 is 0 Å². The van der Waals surface area contributed by atoms with Crippen molar-refractivity contribution < 1.29 is 18.0 Å². The summed E-state index contributed by atoms with van der Waals surface area (Å²) >= 11 is 0. The van der Waals surface area contributed by atoms with Gasteiger partial charge in [0.25, 0.3) is 15.9 Å². The maximum Gasteiger partial charge on any atom is 0.283 e. The average Bonchev–Trinajstić information content (AvgIpc) is 3.51. The number of amidine groups is 1. The molecule has 46 heavy (non-hydrogen) atoms. The predicted molar refractivity (Wildman–Crippen MR) is 179 cm³/mol. The van der Waals surface area contributed by atoms with Crippen molar-refractivity contribution in [3.63, 3.8) is 0 Å². The van der Waals surface area contributed by atoms with Gasteiger partial charge in [0.05, 0.1) is 16.2 Å². The van der Waals surface area contributed by atoms with Crippen LogP contribution in [0.4, 0.5) is 5.69 Å². The zero-order valence-electron chi connectivity index (χ0n) is 25.5. The van der Waals surface area contributed by atoms with Gasteiger partial charge in [-0.2, -0.15) is 8.42 Å². The molecule has 3 atom stereocenters. The maximum atomic E-state index is 15.0. The number of hydrogen-bond donors (Lipinski definition) is 1. The normalized spacial score (nSPS) is 21.5. The van der Waals surface area contributed by atoms with Crippen LogP contribution in [-0.4, -0.2) is 25.2 Å². The number of para-hydroxylation sites is 1. The molecule has 1 saturated heterocycles. The Hall–Kier alpha value is -5.05. The Morgan fingerprint density at radius 1 is 0.761 bits per heavy atom. The van der Waals surface area contributed by atoms with Crippen molar-refractivity contribution in [3.05, 3.63) is 167 Å². The van der Waals surface area contributed by atoms with Crippen LogP contribution in [0.3, 0.4) is 0 Å². The van der Waals surface area contributed by atoms with E-state index in [2.05, 4.69) is 9.71 Å². The monoisotopic (exact) mass is 627 g/mol. The highest BCUT2D eigenvalue weighted by molar-refractivity contribution is 7.90. The summed E-state index contributed by atoms with van der Waals surface area (Å²) in [5.41, 5.74) is 4.54. The standard InChI is InChI=1S/C38H33N3O4S/c1-26-20-22-31(23-21-26)46(43,44)40-37-38(32-18-9-10-19-33(32)39-37)34(29-15-7-4-8-16-29)36(42)41(45-25-28-13-5-3-6-14-28)35(38)30-17-11-12-27(2)24-30/h3-24,34-35H,25H2,1-2H3,(H,39,40). The number of hydrogen-bond acceptors (Lipinski definition) is 4. The summed E-state index contributed by atoms with van der Waals surface area (Å²) in [6.45, 7) is 4.04. The Bertz CT molecular complexity index is 2050. The van der Waals surface area contributed by atoms with Crippen molar-refractivity contribution in [1.29, 1.82) is 0 Å². The largest absolute Gasteiger partial charge is 0.342 e. The van der Waals surface area contributed by atoms with Gasteiger partial charge in [0.15, 0.2) is 0 Å². The van der Waals surface area contributed by atoms with Crippen molar-refractivity contribution in [3.8, 4) is 0 Å². The zero-order chi connectivity index (χ0) is 31.9. The van der Waals surface area contributed by atoms with E-state index in [4.69, 9.17) is 4.84 Å². The Balaban J connectivity index is 1.52. The molecule has 2 aliphatic heterocycles. The van der Waals surface area contributed by atoms with Crippen LogP contribution >= 0.6 is 0 Å². The van der Waals surface area contributed by atoms with Gasteiger partial charge in [-0.05, 0) is 54.3 Å². The average molecular weight is 628 g/mol. The van der Waals surface area contributed by atoms with E-state index < -0.39 is 27.4 Å². The first kappa shape index (κ1) is 29.6. The lowest BCUT2D eigenvalue weighted by molar-refractivity contribution is -0.198. The van der Waals surface area contributed by atoms with Gasteiger partial charge >= 0.3 is 0 Å². The molecule has 3 unspecified atom stereocenters. The number of benzene rings is 5. The van der Waals surface area contributed by atoms with Crippen LogP contribution in [0.25, 0.3) is 0 Å². The first-order chi connectivity index (χ1) is 22.3. The van der Waals surface area contributed by atoms with E-state index in [0.717, 1.165) is 33.4 Å². The molecule has 0 aromatic heterocycles. The molecule has 1 N–H and O–H groups in total. The Morgan fingerprint density at radius 2 is 1.41 bits per heavy atom. The van der Waals surface area contributed by atoms with Crippen molar-refractivity contribution in [1.82, 2.24) is 5.06 Å². The minimum atomic E-state index is -4.20. The third-order valence-corrected chi connectivity index (χ3v) is 10.1. The van der Waals surface area contributed by atoms with Gasteiger partial charge in [0.2, 0.25) is 0 Å². The second kappa shape index (κ2) is 11.7. The first-order valence-corrected chi connectivity index (χ1v) is 16.6. The van der Waals surface area contributed by atoms with Crippen LogP contribution in [-0.2, 0) is 31.7 Å². The molecule has 1 spiro atoms. The van der Waals surface area contributed by atoms with E-state index in [9.17, 15) is 13.2 Å². The van der Waals surface area contributed by atoms with Gasteiger partial charge in [-0.3, -0.25) is 9.63 Å². The van der Waals surface area contributed by atoms with Gasteiger partial charge in [0.1, 0.15) is 18.5 Å². The van der Waals surface area contributed by atoms with Gasteiger partial charge < -0.3 is 5.32 Å². The Labute approximate surface area is 269 Å². The Kier molecular flexibility index (Phi) is 7.55. The van der Waals surface area contributed by atoms with E-state index in [1.165, 1.54) is 5.06 Å². The number of nitrogens with zero attached hydrogens (tertiary/aromatic N) is 2. The molecule has 2 heterocycles. The predicted octanol–water partition coefficient (Wildman–Crippen LogP) is 7.25. The summed E-state index contributed by atoms with van der Waals surface area (Å²) in [5, 5.41) is 4.83. The lowest BCUT2D eigenvalue weighted by Gasteiger charge is -2.37. The molecule has 0 radical (unpaired) electrons. The number of anilines is 1. The van der Waals surface area contributed by atoms with Crippen LogP contribution in [0.15, 0.2) is 143 Å². The minimum absolute atomic E-state index is 0.0726. The number of fused-ring (bicyclic) bond motifs is 2. The molecule has 8 heteroatoms. The van der Waals surface area contributed by atoms with Crippen molar-refractivity contribution in [2.24, 2.45) is 4.40 Å². The van der Waals surface area contributed by atoms with Crippen molar-refractivity contribution >= 4 is 27.5 Å². The molecule has 7 nitrogen and oxygen atoms in total. The fraction of sp³-hybridized carbons (Fsp3) is 0.158. The lowest BCUT2D eigenvalue weighted by atomic mass is 9.64. The summed E-state index contributed by atoms with van der Waals surface area (Å²) in [7, 11) is -4.20.